The Bertz CT molecular complexity index is 1210. The Hall–Kier alpha value is -3.73. The van der Waals surface area contributed by atoms with Gasteiger partial charge in [0.15, 0.2) is 11.5 Å². The third-order valence-electron chi connectivity index (χ3n) is 6.96. The Balaban J connectivity index is 1.35. The van der Waals surface area contributed by atoms with Crippen molar-refractivity contribution in [2.24, 2.45) is 5.41 Å². The molecule has 0 amide bonds. The molecule has 2 aliphatic heterocycles. The van der Waals surface area contributed by atoms with Gasteiger partial charge >= 0.3 is 5.97 Å². The van der Waals surface area contributed by atoms with E-state index in [1.54, 1.807) is 12.3 Å². The lowest BCUT2D eigenvalue weighted by Crippen LogP contribution is -2.42. The molecule has 2 aliphatic rings. The van der Waals surface area contributed by atoms with Gasteiger partial charge in [-0.1, -0.05) is 0 Å². The molecule has 1 spiro atoms. The van der Waals surface area contributed by atoms with Crippen LogP contribution >= 0.6 is 0 Å². The zero-order chi connectivity index (χ0) is 22.3. The largest absolute Gasteiger partial charge is 0.476 e. The monoisotopic (exact) mass is 428 g/mol. The second-order valence-electron chi connectivity index (χ2n) is 8.89. The number of piperidine rings is 1. The minimum Gasteiger partial charge on any atom is -0.476 e. The predicted octanol–water partition coefficient (Wildman–Crippen LogP) is 3.48. The van der Waals surface area contributed by atoms with Gasteiger partial charge in [-0.25, -0.2) is 4.79 Å². The Morgan fingerprint density at radius 2 is 2.00 bits per heavy atom. The molecule has 1 atom stereocenters. The molecule has 0 unspecified atom stereocenters. The molecule has 1 N–H and O–H groups in total. The summed E-state index contributed by atoms with van der Waals surface area (Å²) in [4.78, 5) is 20.1. The van der Waals surface area contributed by atoms with E-state index in [1.165, 1.54) is 6.07 Å². The molecule has 8 nitrogen and oxygen atoms in total. The summed E-state index contributed by atoms with van der Waals surface area (Å²) in [6, 6.07) is 13.8. The SMILES string of the molecule is C[C@H]1CC2(CCN(c3ccc(C(=O)O)nn3)CC2)CN1c1ccc(C#N)c2ncccc12. The van der Waals surface area contributed by atoms with Crippen LogP contribution in [0.3, 0.4) is 0 Å². The highest BCUT2D eigenvalue weighted by atomic mass is 16.4. The molecule has 3 aromatic rings. The summed E-state index contributed by atoms with van der Waals surface area (Å²) < 4.78 is 0. The van der Waals surface area contributed by atoms with Crippen molar-refractivity contribution in [3.63, 3.8) is 0 Å². The van der Waals surface area contributed by atoms with Gasteiger partial charge in [-0.3, -0.25) is 4.98 Å². The molecule has 0 aliphatic carbocycles. The molecule has 0 radical (unpaired) electrons. The molecule has 5 rings (SSSR count). The fraction of sp³-hybridized carbons (Fsp3) is 0.375. The fourth-order valence-electron chi connectivity index (χ4n) is 5.32. The maximum absolute atomic E-state index is 11.0. The first-order valence-corrected chi connectivity index (χ1v) is 10.9. The van der Waals surface area contributed by atoms with Gasteiger partial charge in [0.1, 0.15) is 6.07 Å². The van der Waals surface area contributed by atoms with E-state index in [-0.39, 0.29) is 11.1 Å². The number of hydrogen-bond donors (Lipinski definition) is 1. The van der Waals surface area contributed by atoms with Gasteiger partial charge in [0.25, 0.3) is 0 Å². The molecule has 2 saturated heterocycles. The van der Waals surface area contributed by atoms with Crippen molar-refractivity contribution in [3.05, 3.63) is 53.9 Å². The number of fused-ring (bicyclic) bond motifs is 1. The number of benzene rings is 1. The lowest BCUT2D eigenvalue weighted by atomic mass is 9.77. The number of aromatic nitrogens is 3. The van der Waals surface area contributed by atoms with Crippen LogP contribution in [0.1, 0.15) is 42.2 Å². The third kappa shape index (κ3) is 3.40. The van der Waals surface area contributed by atoms with E-state index in [0.717, 1.165) is 61.3 Å². The van der Waals surface area contributed by atoms with Gasteiger partial charge in [0.05, 0.1) is 11.1 Å². The summed E-state index contributed by atoms with van der Waals surface area (Å²) >= 11 is 0. The number of anilines is 2. The van der Waals surface area contributed by atoms with Gasteiger partial charge in [-0.05, 0) is 68.0 Å². The van der Waals surface area contributed by atoms with Crippen LogP contribution in [-0.2, 0) is 0 Å². The van der Waals surface area contributed by atoms with Crippen LogP contribution in [-0.4, -0.2) is 51.9 Å². The summed E-state index contributed by atoms with van der Waals surface area (Å²) in [6.45, 7) is 4.99. The number of pyridine rings is 1. The maximum atomic E-state index is 11.0. The second-order valence-corrected chi connectivity index (χ2v) is 8.89. The van der Waals surface area contributed by atoms with Crippen molar-refractivity contribution < 1.29 is 9.90 Å². The Morgan fingerprint density at radius 1 is 1.19 bits per heavy atom. The summed E-state index contributed by atoms with van der Waals surface area (Å²) in [5, 5.41) is 27.4. The topological polar surface area (TPSA) is 106 Å². The number of nitrogens with zero attached hydrogens (tertiary/aromatic N) is 6. The minimum absolute atomic E-state index is 0.0355. The summed E-state index contributed by atoms with van der Waals surface area (Å²) in [5.74, 6) is -0.330. The minimum atomic E-state index is -1.06. The second kappa shape index (κ2) is 7.75. The number of carbonyl (C=O) groups is 1. The summed E-state index contributed by atoms with van der Waals surface area (Å²) in [6.07, 6.45) is 4.95. The van der Waals surface area contributed by atoms with Crippen LogP contribution in [0.2, 0.25) is 0 Å². The molecular formula is C24H24N6O2. The highest BCUT2D eigenvalue weighted by molar-refractivity contribution is 5.95. The number of hydrogen-bond acceptors (Lipinski definition) is 7. The van der Waals surface area contributed by atoms with E-state index in [0.29, 0.717) is 11.6 Å². The number of aromatic carboxylic acids is 1. The van der Waals surface area contributed by atoms with Gasteiger partial charge in [-0.15, -0.1) is 10.2 Å². The van der Waals surface area contributed by atoms with Crippen molar-refractivity contribution in [2.45, 2.75) is 32.2 Å². The normalized spacial score (nSPS) is 19.9. The highest BCUT2D eigenvalue weighted by Crippen LogP contribution is 2.46. The molecular weight excluding hydrogens is 404 g/mol. The molecule has 162 valence electrons. The quantitative estimate of drug-likeness (QED) is 0.676. The number of carboxylic acid groups (broad SMARTS) is 1. The maximum Gasteiger partial charge on any atom is 0.356 e. The van der Waals surface area contributed by atoms with Gasteiger partial charge in [0, 0.05) is 42.9 Å². The van der Waals surface area contributed by atoms with Gasteiger partial charge in [-0.2, -0.15) is 5.26 Å². The molecule has 0 saturated carbocycles. The lowest BCUT2D eigenvalue weighted by molar-refractivity contribution is 0.0689. The first-order valence-electron chi connectivity index (χ1n) is 10.9. The third-order valence-corrected chi connectivity index (χ3v) is 6.96. The van der Waals surface area contributed by atoms with Crippen molar-refractivity contribution in [1.29, 1.82) is 5.26 Å². The first-order chi connectivity index (χ1) is 15.5. The average molecular weight is 428 g/mol. The molecule has 1 aromatic carbocycles. The molecule has 8 heteroatoms. The van der Waals surface area contributed by atoms with E-state index in [4.69, 9.17) is 5.11 Å². The molecule has 32 heavy (non-hydrogen) atoms. The van der Waals surface area contributed by atoms with Gasteiger partial charge in [0.2, 0.25) is 0 Å². The smallest absolute Gasteiger partial charge is 0.356 e. The van der Waals surface area contributed by atoms with Crippen LogP contribution in [0, 0.1) is 16.7 Å². The van der Waals surface area contributed by atoms with Crippen molar-refractivity contribution in [2.75, 3.05) is 29.4 Å². The van der Waals surface area contributed by atoms with Crippen LogP contribution in [0.15, 0.2) is 42.6 Å². The highest BCUT2D eigenvalue weighted by Gasteiger charge is 2.44. The van der Waals surface area contributed by atoms with Crippen molar-refractivity contribution >= 4 is 28.4 Å². The zero-order valence-corrected chi connectivity index (χ0v) is 17.9. The summed E-state index contributed by atoms with van der Waals surface area (Å²) in [5.41, 5.74) is 2.71. The van der Waals surface area contributed by atoms with E-state index in [9.17, 15) is 10.1 Å². The number of rotatable bonds is 3. The molecule has 0 bridgehead atoms. The molecule has 2 fully saturated rings. The van der Waals surface area contributed by atoms with Crippen LogP contribution < -0.4 is 9.80 Å². The molecule has 2 aromatic heterocycles. The average Bonchev–Trinajstić information content (AvgIpc) is 3.14. The van der Waals surface area contributed by atoms with Crippen LogP contribution in [0.5, 0.6) is 0 Å². The predicted molar refractivity (Wildman–Crippen MR) is 121 cm³/mol. The van der Waals surface area contributed by atoms with Crippen LogP contribution in [0.4, 0.5) is 11.5 Å². The standard InChI is InChI=1S/C24H24N6O2/c1-16-13-24(8-11-29(12-9-24)21-7-5-19(23(31)32)27-28-21)15-30(16)20-6-4-17(14-25)22-18(20)3-2-10-26-22/h2-7,10,16H,8-9,11-13,15H2,1H3,(H,31,32)/t16-/m0/s1. The Kier molecular flexibility index (Phi) is 4.89. The Morgan fingerprint density at radius 3 is 2.69 bits per heavy atom. The number of carboxylic acids is 1. The van der Waals surface area contributed by atoms with Crippen molar-refractivity contribution in [3.8, 4) is 6.07 Å². The Labute approximate surface area is 186 Å². The first kappa shape index (κ1) is 20.2. The fourth-order valence-corrected chi connectivity index (χ4v) is 5.32. The summed E-state index contributed by atoms with van der Waals surface area (Å²) in [7, 11) is 0. The van der Waals surface area contributed by atoms with Crippen molar-refractivity contribution in [1.82, 2.24) is 15.2 Å². The van der Waals surface area contributed by atoms with Gasteiger partial charge < -0.3 is 14.9 Å². The van der Waals surface area contributed by atoms with E-state index < -0.39 is 5.97 Å². The lowest BCUT2D eigenvalue weighted by Gasteiger charge is -2.39. The van der Waals surface area contributed by atoms with E-state index in [2.05, 4.69) is 50.1 Å². The van der Waals surface area contributed by atoms with E-state index >= 15 is 0 Å². The zero-order valence-electron chi connectivity index (χ0n) is 17.9. The molecule has 4 heterocycles. The van der Waals surface area contributed by atoms with Crippen LogP contribution in [0.25, 0.3) is 10.9 Å². The number of nitriles is 1. The van der Waals surface area contributed by atoms with E-state index in [1.807, 2.05) is 12.1 Å².